The maximum atomic E-state index is 5.46. The average molecular weight is 351 g/mol. The van der Waals surface area contributed by atoms with Crippen LogP contribution in [0, 0.1) is 6.92 Å². The molecule has 3 aromatic rings. The molecule has 0 spiro atoms. The Hall–Kier alpha value is -2.66. The Morgan fingerprint density at radius 1 is 1.12 bits per heavy atom. The molecule has 2 aromatic carbocycles. The van der Waals surface area contributed by atoms with E-state index in [0.717, 1.165) is 33.4 Å². The van der Waals surface area contributed by atoms with Gasteiger partial charge in [-0.1, -0.05) is 29.8 Å². The molecule has 5 heteroatoms. The third-order valence-corrected chi connectivity index (χ3v) is 4.50. The van der Waals surface area contributed by atoms with E-state index in [0.29, 0.717) is 6.61 Å². The number of rotatable bonds is 6. The van der Waals surface area contributed by atoms with Crippen LogP contribution in [0.5, 0.6) is 5.75 Å². The molecule has 1 N–H and O–H groups in total. The molecule has 25 heavy (non-hydrogen) atoms. The van der Waals surface area contributed by atoms with Gasteiger partial charge in [-0.2, -0.15) is 5.10 Å². The van der Waals surface area contributed by atoms with E-state index in [4.69, 9.17) is 4.74 Å². The van der Waals surface area contributed by atoms with Gasteiger partial charge in [0.25, 0.3) is 0 Å². The second-order valence-corrected chi connectivity index (χ2v) is 6.53. The standard InChI is InChI=1S/C20H21N3OS/c1-4-24-18-11-9-16(10-12-18)15(3)22-23-20-21-19(13-25-20)17-7-5-14(2)6-8-17/h5-13H,4H2,1-3H3,(H,21,23)/b22-15+. The quantitative estimate of drug-likeness (QED) is 0.481. The number of nitrogens with zero attached hydrogens (tertiary/aromatic N) is 2. The fraction of sp³-hybridized carbons (Fsp3) is 0.200. The molecule has 128 valence electrons. The molecule has 1 aromatic heterocycles. The number of aromatic nitrogens is 1. The van der Waals surface area contributed by atoms with E-state index < -0.39 is 0 Å². The first kappa shape index (κ1) is 17.2. The van der Waals surface area contributed by atoms with Crippen molar-refractivity contribution in [2.45, 2.75) is 20.8 Å². The van der Waals surface area contributed by atoms with Gasteiger partial charge in [-0.05, 0) is 50.6 Å². The number of hydrogen-bond acceptors (Lipinski definition) is 5. The molecule has 0 aliphatic heterocycles. The highest BCUT2D eigenvalue weighted by Crippen LogP contribution is 2.25. The van der Waals surface area contributed by atoms with Crippen LogP contribution in [0.3, 0.4) is 0 Å². The highest BCUT2D eigenvalue weighted by atomic mass is 32.1. The predicted molar refractivity (Wildman–Crippen MR) is 106 cm³/mol. The number of nitrogens with one attached hydrogen (secondary N) is 1. The van der Waals surface area contributed by atoms with Crippen molar-refractivity contribution in [3.05, 3.63) is 65.0 Å². The molecule has 0 unspecified atom stereocenters. The Balaban J connectivity index is 1.68. The van der Waals surface area contributed by atoms with Gasteiger partial charge < -0.3 is 4.74 Å². The number of hydrazone groups is 1. The topological polar surface area (TPSA) is 46.5 Å². The Morgan fingerprint density at radius 2 is 1.84 bits per heavy atom. The van der Waals surface area contributed by atoms with Gasteiger partial charge in [0.15, 0.2) is 0 Å². The largest absolute Gasteiger partial charge is 0.494 e. The maximum absolute atomic E-state index is 5.46. The van der Waals surface area contributed by atoms with Crippen LogP contribution in [-0.4, -0.2) is 17.3 Å². The summed E-state index contributed by atoms with van der Waals surface area (Å²) in [6, 6.07) is 16.3. The van der Waals surface area contributed by atoms with E-state index in [2.05, 4.69) is 46.7 Å². The van der Waals surface area contributed by atoms with E-state index in [-0.39, 0.29) is 0 Å². The van der Waals surface area contributed by atoms with Gasteiger partial charge in [0, 0.05) is 10.9 Å². The number of hydrogen-bond donors (Lipinski definition) is 1. The molecule has 0 fully saturated rings. The zero-order valence-corrected chi connectivity index (χ0v) is 15.4. The summed E-state index contributed by atoms with van der Waals surface area (Å²) in [7, 11) is 0. The average Bonchev–Trinajstić information content (AvgIpc) is 3.10. The lowest BCUT2D eigenvalue weighted by Crippen LogP contribution is -2.00. The molecule has 0 saturated heterocycles. The number of anilines is 1. The minimum atomic E-state index is 0.668. The van der Waals surface area contributed by atoms with E-state index in [9.17, 15) is 0 Å². The van der Waals surface area contributed by atoms with Crippen LogP contribution in [0.4, 0.5) is 5.13 Å². The molecular weight excluding hydrogens is 330 g/mol. The zero-order valence-electron chi connectivity index (χ0n) is 14.6. The molecule has 3 rings (SSSR count). The molecule has 0 bridgehead atoms. The first-order valence-corrected chi connectivity index (χ1v) is 9.10. The minimum Gasteiger partial charge on any atom is -0.494 e. The van der Waals surface area contributed by atoms with Crippen molar-refractivity contribution in [2.75, 3.05) is 12.0 Å². The fourth-order valence-electron chi connectivity index (χ4n) is 2.34. The van der Waals surface area contributed by atoms with Gasteiger partial charge in [-0.25, -0.2) is 4.98 Å². The summed E-state index contributed by atoms with van der Waals surface area (Å²) in [6.07, 6.45) is 0. The van der Waals surface area contributed by atoms with Gasteiger partial charge in [-0.15, -0.1) is 11.3 Å². The van der Waals surface area contributed by atoms with E-state index in [1.54, 1.807) is 11.3 Å². The minimum absolute atomic E-state index is 0.668. The van der Waals surface area contributed by atoms with Crippen molar-refractivity contribution in [2.24, 2.45) is 5.10 Å². The van der Waals surface area contributed by atoms with Crippen LogP contribution in [0.25, 0.3) is 11.3 Å². The Kier molecular flexibility index (Phi) is 5.46. The summed E-state index contributed by atoms with van der Waals surface area (Å²) in [6.45, 7) is 6.69. The molecule has 1 heterocycles. The lowest BCUT2D eigenvalue weighted by molar-refractivity contribution is 0.340. The highest BCUT2D eigenvalue weighted by Gasteiger charge is 2.04. The van der Waals surface area contributed by atoms with E-state index in [1.807, 2.05) is 43.5 Å². The van der Waals surface area contributed by atoms with Gasteiger partial charge >= 0.3 is 0 Å². The van der Waals surface area contributed by atoms with Crippen molar-refractivity contribution in [1.29, 1.82) is 0 Å². The van der Waals surface area contributed by atoms with Crippen LogP contribution in [0.15, 0.2) is 59.0 Å². The Bertz CT molecular complexity index is 851. The lowest BCUT2D eigenvalue weighted by atomic mass is 10.1. The van der Waals surface area contributed by atoms with Crippen LogP contribution in [0.2, 0.25) is 0 Å². The number of aryl methyl sites for hydroxylation is 1. The SMILES string of the molecule is CCOc1ccc(/C(C)=N/Nc2nc(-c3ccc(C)cc3)cs2)cc1. The maximum Gasteiger partial charge on any atom is 0.203 e. The van der Waals surface area contributed by atoms with Crippen molar-refractivity contribution < 1.29 is 4.74 Å². The molecule has 0 aliphatic carbocycles. The Labute approximate surface area is 152 Å². The molecule has 0 radical (unpaired) electrons. The molecule has 0 aliphatic rings. The zero-order chi connectivity index (χ0) is 17.6. The van der Waals surface area contributed by atoms with Crippen LogP contribution in [0.1, 0.15) is 25.0 Å². The van der Waals surface area contributed by atoms with Crippen LogP contribution >= 0.6 is 11.3 Å². The molecule has 4 nitrogen and oxygen atoms in total. The molecular formula is C20H21N3OS. The van der Waals surface area contributed by atoms with Crippen molar-refractivity contribution >= 4 is 22.2 Å². The summed E-state index contributed by atoms with van der Waals surface area (Å²) in [5, 5.41) is 7.25. The third-order valence-electron chi connectivity index (χ3n) is 3.75. The van der Waals surface area contributed by atoms with Gasteiger partial charge in [0.1, 0.15) is 5.75 Å². The molecule has 0 saturated carbocycles. The second kappa shape index (κ2) is 7.94. The van der Waals surface area contributed by atoms with Crippen LogP contribution in [-0.2, 0) is 0 Å². The van der Waals surface area contributed by atoms with Gasteiger partial charge in [-0.3, -0.25) is 5.43 Å². The highest BCUT2D eigenvalue weighted by molar-refractivity contribution is 7.14. The summed E-state index contributed by atoms with van der Waals surface area (Å²) in [5.41, 5.74) is 8.31. The number of ether oxygens (including phenoxy) is 1. The third kappa shape index (κ3) is 4.45. The van der Waals surface area contributed by atoms with Crippen LogP contribution < -0.4 is 10.2 Å². The predicted octanol–water partition coefficient (Wildman–Crippen LogP) is 5.35. The normalized spacial score (nSPS) is 11.4. The lowest BCUT2D eigenvalue weighted by Gasteiger charge is -2.05. The first-order chi connectivity index (χ1) is 12.2. The van der Waals surface area contributed by atoms with E-state index in [1.165, 1.54) is 5.56 Å². The molecule has 0 atom stereocenters. The number of thiazole rings is 1. The molecule has 0 amide bonds. The van der Waals surface area contributed by atoms with Crippen molar-refractivity contribution in [3.8, 4) is 17.0 Å². The van der Waals surface area contributed by atoms with Gasteiger partial charge in [0.05, 0.1) is 18.0 Å². The van der Waals surface area contributed by atoms with E-state index >= 15 is 0 Å². The fourth-order valence-corrected chi connectivity index (χ4v) is 3.00. The first-order valence-electron chi connectivity index (χ1n) is 8.22. The summed E-state index contributed by atoms with van der Waals surface area (Å²) < 4.78 is 5.46. The monoisotopic (exact) mass is 351 g/mol. The van der Waals surface area contributed by atoms with Crippen molar-refractivity contribution in [3.63, 3.8) is 0 Å². The number of benzene rings is 2. The van der Waals surface area contributed by atoms with Crippen molar-refractivity contribution in [1.82, 2.24) is 4.98 Å². The van der Waals surface area contributed by atoms with Gasteiger partial charge in [0.2, 0.25) is 5.13 Å². The summed E-state index contributed by atoms with van der Waals surface area (Å²) >= 11 is 1.55. The smallest absolute Gasteiger partial charge is 0.203 e. The summed E-state index contributed by atoms with van der Waals surface area (Å²) in [5.74, 6) is 0.870. The summed E-state index contributed by atoms with van der Waals surface area (Å²) in [4.78, 5) is 4.59. The Morgan fingerprint density at radius 3 is 2.52 bits per heavy atom. The second-order valence-electron chi connectivity index (χ2n) is 5.67.